The lowest BCUT2D eigenvalue weighted by atomic mass is 9.76. The van der Waals surface area contributed by atoms with Crippen molar-refractivity contribution in [1.82, 2.24) is 25.1 Å². The molecule has 0 radical (unpaired) electrons. The van der Waals surface area contributed by atoms with Crippen molar-refractivity contribution in [2.45, 2.75) is 31.4 Å². The van der Waals surface area contributed by atoms with Crippen molar-refractivity contribution in [2.75, 3.05) is 11.1 Å². The minimum absolute atomic E-state index is 0.107. The molecule has 8 heteroatoms. The third-order valence-electron chi connectivity index (χ3n) is 4.52. The Kier molecular flexibility index (Phi) is 3.73. The SMILES string of the molecule is Nc1nc(N[C@H](Cc2ccccn2)C2CC(O)C2)c2cn[nH]c2n1. The zero-order valence-corrected chi connectivity index (χ0v) is 13.1. The lowest BCUT2D eigenvalue weighted by Gasteiger charge is -2.38. The number of nitrogens with one attached hydrogen (secondary N) is 2. The van der Waals surface area contributed by atoms with Gasteiger partial charge in [0.05, 0.1) is 17.7 Å². The molecule has 0 aromatic carbocycles. The summed E-state index contributed by atoms with van der Waals surface area (Å²) in [7, 11) is 0. The number of H-pyrrole nitrogens is 1. The first-order valence-corrected chi connectivity index (χ1v) is 8.00. The fourth-order valence-electron chi connectivity index (χ4n) is 3.18. The fourth-order valence-corrected chi connectivity index (χ4v) is 3.18. The zero-order chi connectivity index (χ0) is 16.5. The molecule has 8 nitrogen and oxygen atoms in total. The van der Waals surface area contributed by atoms with Crippen LogP contribution in [0.3, 0.4) is 0 Å². The average molecular weight is 325 g/mol. The number of anilines is 2. The van der Waals surface area contributed by atoms with E-state index in [1.165, 1.54) is 0 Å². The first-order valence-electron chi connectivity index (χ1n) is 8.00. The molecule has 0 saturated heterocycles. The Morgan fingerprint density at radius 2 is 2.21 bits per heavy atom. The second-order valence-electron chi connectivity index (χ2n) is 6.22. The third kappa shape index (κ3) is 2.88. The van der Waals surface area contributed by atoms with Gasteiger partial charge >= 0.3 is 0 Å². The van der Waals surface area contributed by atoms with E-state index >= 15 is 0 Å². The van der Waals surface area contributed by atoms with E-state index in [1.807, 2.05) is 18.2 Å². The predicted octanol–water partition coefficient (Wildman–Crippen LogP) is 1.12. The molecule has 3 heterocycles. The van der Waals surface area contributed by atoms with Gasteiger partial charge in [-0.05, 0) is 30.9 Å². The molecule has 0 aliphatic heterocycles. The Bertz CT molecular complexity index is 829. The highest BCUT2D eigenvalue weighted by atomic mass is 16.3. The number of nitrogen functional groups attached to an aromatic ring is 1. The van der Waals surface area contributed by atoms with Crippen molar-refractivity contribution in [1.29, 1.82) is 0 Å². The number of nitrogens with zero attached hydrogens (tertiary/aromatic N) is 4. The molecule has 1 atom stereocenters. The van der Waals surface area contributed by atoms with Gasteiger partial charge in [-0.2, -0.15) is 15.1 Å². The third-order valence-corrected chi connectivity index (χ3v) is 4.52. The normalized spacial score (nSPS) is 21.4. The molecule has 1 saturated carbocycles. The second-order valence-corrected chi connectivity index (χ2v) is 6.22. The molecule has 3 aromatic rings. The smallest absolute Gasteiger partial charge is 0.224 e. The van der Waals surface area contributed by atoms with E-state index in [4.69, 9.17) is 5.73 Å². The first-order chi connectivity index (χ1) is 11.7. The van der Waals surface area contributed by atoms with E-state index < -0.39 is 0 Å². The van der Waals surface area contributed by atoms with Crippen molar-refractivity contribution >= 4 is 22.8 Å². The molecule has 0 amide bonds. The van der Waals surface area contributed by atoms with Crippen molar-refractivity contribution in [3.05, 3.63) is 36.3 Å². The molecular weight excluding hydrogens is 306 g/mol. The number of aliphatic hydroxyl groups is 1. The molecule has 1 aliphatic rings. The van der Waals surface area contributed by atoms with E-state index in [2.05, 4.69) is 30.5 Å². The van der Waals surface area contributed by atoms with Gasteiger partial charge in [-0.3, -0.25) is 10.1 Å². The molecule has 0 unspecified atom stereocenters. The summed E-state index contributed by atoms with van der Waals surface area (Å²) in [4.78, 5) is 12.9. The number of hydrogen-bond acceptors (Lipinski definition) is 7. The molecule has 1 aliphatic carbocycles. The quantitative estimate of drug-likeness (QED) is 0.554. The summed E-state index contributed by atoms with van der Waals surface area (Å²) in [6.07, 6.45) is 5.57. The van der Waals surface area contributed by atoms with Crippen LogP contribution >= 0.6 is 0 Å². The van der Waals surface area contributed by atoms with Crippen LogP contribution < -0.4 is 11.1 Å². The van der Waals surface area contributed by atoms with Crippen LogP contribution in [-0.2, 0) is 6.42 Å². The number of aliphatic hydroxyl groups excluding tert-OH is 1. The molecule has 3 aromatic heterocycles. The molecule has 0 spiro atoms. The van der Waals surface area contributed by atoms with Crippen molar-refractivity contribution in [3.63, 3.8) is 0 Å². The average Bonchev–Trinajstić information content (AvgIpc) is 3.00. The van der Waals surface area contributed by atoms with Gasteiger partial charge in [0.25, 0.3) is 0 Å². The topological polar surface area (TPSA) is 126 Å². The zero-order valence-electron chi connectivity index (χ0n) is 13.1. The highest BCUT2D eigenvalue weighted by Gasteiger charge is 2.34. The lowest BCUT2D eigenvalue weighted by Crippen LogP contribution is -2.42. The summed E-state index contributed by atoms with van der Waals surface area (Å²) >= 11 is 0. The maximum atomic E-state index is 9.68. The fraction of sp³-hybridized carbons (Fsp3) is 0.375. The number of rotatable bonds is 5. The van der Waals surface area contributed by atoms with Gasteiger partial charge in [0, 0.05) is 24.4 Å². The van der Waals surface area contributed by atoms with Gasteiger partial charge in [0.2, 0.25) is 5.95 Å². The van der Waals surface area contributed by atoms with E-state index in [0.29, 0.717) is 17.4 Å². The summed E-state index contributed by atoms with van der Waals surface area (Å²) in [5.41, 5.74) is 7.40. The summed E-state index contributed by atoms with van der Waals surface area (Å²) in [5.74, 6) is 1.22. The Hall–Kier alpha value is -2.74. The van der Waals surface area contributed by atoms with Crippen LogP contribution in [0.1, 0.15) is 18.5 Å². The van der Waals surface area contributed by atoms with Crippen LogP contribution in [0.2, 0.25) is 0 Å². The summed E-state index contributed by atoms with van der Waals surface area (Å²) in [5, 5.41) is 20.8. The molecule has 124 valence electrons. The van der Waals surface area contributed by atoms with Gasteiger partial charge in [-0.25, -0.2) is 0 Å². The van der Waals surface area contributed by atoms with Crippen LogP contribution in [0, 0.1) is 5.92 Å². The highest BCUT2D eigenvalue weighted by Crippen LogP contribution is 2.34. The predicted molar refractivity (Wildman–Crippen MR) is 90.2 cm³/mol. The maximum Gasteiger partial charge on any atom is 0.224 e. The van der Waals surface area contributed by atoms with E-state index in [-0.39, 0.29) is 18.1 Å². The molecule has 5 N–H and O–H groups in total. The van der Waals surface area contributed by atoms with E-state index in [0.717, 1.165) is 30.3 Å². The van der Waals surface area contributed by atoms with Crippen LogP contribution in [0.25, 0.3) is 11.0 Å². The molecule has 0 bridgehead atoms. The van der Waals surface area contributed by atoms with Gasteiger partial charge in [0.1, 0.15) is 5.82 Å². The van der Waals surface area contributed by atoms with Crippen LogP contribution in [0.5, 0.6) is 0 Å². The van der Waals surface area contributed by atoms with Crippen LogP contribution in [0.4, 0.5) is 11.8 Å². The van der Waals surface area contributed by atoms with Gasteiger partial charge in [-0.15, -0.1) is 0 Å². The van der Waals surface area contributed by atoms with Crippen molar-refractivity contribution in [2.24, 2.45) is 5.92 Å². The second kappa shape index (κ2) is 6.04. The Morgan fingerprint density at radius 3 is 2.96 bits per heavy atom. The Balaban J connectivity index is 1.62. The monoisotopic (exact) mass is 325 g/mol. The number of aromatic nitrogens is 5. The first kappa shape index (κ1) is 14.8. The van der Waals surface area contributed by atoms with Gasteiger partial charge < -0.3 is 16.2 Å². The maximum absolute atomic E-state index is 9.68. The number of aromatic amines is 1. The van der Waals surface area contributed by atoms with Crippen LogP contribution in [-0.4, -0.2) is 42.4 Å². The number of pyridine rings is 1. The van der Waals surface area contributed by atoms with Crippen molar-refractivity contribution in [3.8, 4) is 0 Å². The molecule has 24 heavy (non-hydrogen) atoms. The standard InChI is InChI=1S/C16H19N7O/c17-16-21-14(12-8-19-23-15(12)22-16)20-13(9-5-11(24)6-9)7-10-3-1-2-4-18-10/h1-4,8-9,11,13,24H,5-7H2,(H4,17,19,20,21,22,23)/t9?,11?,13-/m1/s1. The summed E-state index contributed by atoms with van der Waals surface area (Å²) in [6, 6.07) is 5.99. The van der Waals surface area contributed by atoms with E-state index in [1.54, 1.807) is 12.4 Å². The lowest BCUT2D eigenvalue weighted by molar-refractivity contribution is 0.0341. The Morgan fingerprint density at radius 1 is 1.33 bits per heavy atom. The number of nitrogens with two attached hydrogens (primary N) is 1. The van der Waals surface area contributed by atoms with Crippen molar-refractivity contribution < 1.29 is 5.11 Å². The van der Waals surface area contributed by atoms with Gasteiger partial charge in [-0.1, -0.05) is 6.07 Å². The minimum Gasteiger partial charge on any atom is -0.393 e. The number of fused-ring (bicyclic) bond motifs is 1. The van der Waals surface area contributed by atoms with E-state index in [9.17, 15) is 5.11 Å². The summed E-state index contributed by atoms with van der Waals surface area (Å²) in [6.45, 7) is 0. The van der Waals surface area contributed by atoms with Crippen LogP contribution in [0.15, 0.2) is 30.6 Å². The Labute approximate surface area is 138 Å². The number of hydrogen-bond donors (Lipinski definition) is 4. The molecule has 4 rings (SSSR count). The largest absolute Gasteiger partial charge is 0.393 e. The highest BCUT2D eigenvalue weighted by molar-refractivity contribution is 5.86. The summed E-state index contributed by atoms with van der Waals surface area (Å²) < 4.78 is 0. The molecule has 1 fully saturated rings. The minimum atomic E-state index is -0.215. The van der Waals surface area contributed by atoms with Gasteiger partial charge in [0.15, 0.2) is 5.65 Å². The molecular formula is C16H19N7O.